The molecule has 0 atom stereocenters. The first-order chi connectivity index (χ1) is 13.7. The van der Waals surface area contributed by atoms with Crippen molar-refractivity contribution in [2.45, 2.75) is 6.18 Å². The van der Waals surface area contributed by atoms with Crippen molar-refractivity contribution in [3.63, 3.8) is 0 Å². The monoisotopic (exact) mass is 404 g/mol. The molecule has 0 amide bonds. The number of carbonyl (C=O) groups excluding carboxylic acids is 2. The maximum absolute atomic E-state index is 13.5. The van der Waals surface area contributed by atoms with Gasteiger partial charge in [0.05, 0.1) is 5.56 Å². The Bertz CT molecular complexity index is 944. The van der Waals surface area contributed by atoms with Crippen LogP contribution in [0.5, 0.6) is 11.5 Å². The van der Waals surface area contributed by atoms with Crippen LogP contribution in [-0.2, 0) is 20.5 Å². The van der Waals surface area contributed by atoms with Crippen LogP contribution < -0.4 is 9.47 Å². The Morgan fingerprint density at radius 1 is 0.862 bits per heavy atom. The quantitative estimate of drug-likeness (QED) is 0.280. The third-order valence-electron chi connectivity index (χ3n) is 3.46. The van der Waals surface area contributed by atoms with Gasteiger partial charge < -0.3 is 14.2 Å². The average molecular weight is 404 g/mol. The second kappa shape index (κ2) is 9.41. The van der Waals surface area contributed by atoms with Crippen molar-refractivity contribution in [1.82, 2.24) is 0 Å². The molecule has 0 unspecified atom stereocenters. The highest BCUT2D eigenvalue weighted by molar-refractivity contribution is 5.83. The van der Waals surface area contributed by atoms with Crippen molar-refractivity contribution in [3.8, 4) is 22.6 Å². The number of halogens is 3. The van der Waals surface area contributed by atoms with Gasteiger partial charge in [-0.1, -0.05) is 31.4 Å². The van der Waals surface area contributed by atoms with E-state index < -0.39 is 23.7 Å². The topological polar surface area (TPSA) is 61.8 Å². The number of benzene rings is 2. The Labute approximate surface area is 164 Å². The van der Waals surface area contributed by atoms with E-state index in [4.69, 9.17) is 9.47 Å². The van der Waals surface area contributed by atoms with Crippen molar-refractivity contribution < 1.29 is 37.0 Å². The number of rotatable bonds is 7. The van der Waals surface area contributed by atoms with Crippen molar-refractivity contribution >= 4 is 11.9 Å². The summed E-state index contributed by atoms with van der Waals surface area (Å²) in [6.07, 6.45) is -0.943. The largest absolute Gasteiger partial charge is 0.462 e. The zero-order chi connectivity index (χ0) is 21.4. The molecule has 0 aliphatic carbocycles. The molecule has 0 aliphatic heterocycles. The first-order valence-corrected chi connectivity index (χ1v) is 8.05. The highest BCUT2D eigenvalue weighted by Crippen LogP contribution is 2.39. The average Bonchev–Trinajstić information content (AvgIpc) is 2.70. The standard InChI is InChI=1S/C21H15F3O5/c1-3-19(25)28-12-11-27-16-9-10-17(18(13-16)21(22,23)24)14-5-7-15(8-6-14)29-20(26)4-2/h3-13H,1-2H2. The van der Waals surface area contributed by atoms with Gasteiger partial charge in [0.25, 0.3) is 0 Å². The lowest BCUT2D eigenvalue weighted by molar-refractivity contribution is -0.137. The maximum atomic E-state index is 13.5. The molecule has 0 fully saturated rings. The van der Waals surface area contributed by atoms with E-state index >= 15 is 0 Å². The summed E-state index contributed by atoms with van der Waals surface area (Å²) >= 11 is 0. The summed E-state index contributed by atoms with van der Waals surface area (Å²) < 4.78 is 55.0. The van der Waals surface area contributed by atoms with E-state index in [0.717, 1.165) is 30.7 Å². The summed E-state index contributed by atoms with van der Waals surface area (Å²) in [6, 6.07) is 8.93. The highest BCUT2D eigenvalue weighted by atomic mass is 19.4. The van der Waals surface area contributed by atoms with Gasteiger partial charge in [-0.15, -0.1) is 0 Å². The van der Waals surface area contributed by atoms with Gasteiger partial charge in [-0.25, -0.2) is 9.59 Å². The van der Waals surface area contributed by atoms with Gasteiger partial charge in [0.2, 0.25) is 0 Å². The van der Waals surface area contributed by atoms with E-state index in [0.29, 0.717) is 0 Å². The lowest BCUT2D eigenvalue weighted by Gasteiger charge is -2.15. The summed E-state index contributed by atoms with van der Waals surface area (Å²) in [7, 11) is 0. The molecule has 0 bridgehead atoms. The number of hydrogen-bond acceptors (Lipinski definition) is 5. The van der Waals surface area contributed by atoms with E-state index in [-0.39, 0.29) is 22.6 Å². The predicted molar refractivity (Wildman–Crippen MR) is 98.8 cm³/mol. The number of ether oxygens (including phenoxy) is 3. The molecule has 2 rings (SSSR count). The second-order valence-corrected chi connectivity index (χ2v) is 5.39. The van der Waals surface area contributed by atoms with Crippen LogP contribution >= 0.6 is 0 Å². The van der Waals surface area contributed by atoms with Crippen LogP contribution in [0.3, 0.4) is 0 Å². The molecule has 8 heteroatoms. The Morgan fingerprint density at radius 3 is 2.07 bits per heavy atom. The molecule has 0 spiro atoms. The van der Waals surface area contributed by atoms with Crippen LogP contribution in [0.15, 0.2) is 80.3 Å². The maximum Gasteiger partial charge on any atom is 0.417 e. The summed E-state index contributed by atoms with van der Waals surface area (Å²) in [5.41, 5.74) is -0.756. The van der Waals surface area contributed by atoms with E-state index in [2.05, 4.69) is 17.9 Å². The van der Waals surface area contributed by atoms with Crippen molar-refractivity contribution in [2.24, 2.45) is 0 Å². The lowest BCUT2D eigenvalue weighted by atomic mass is 9.99. The Balaban J connectivity index is 2.28. The third-order valence-corrected chi connectivity index (χ3v) is 3.46. The fourth-order valence-electron chi connectivity index (χ4n) is 2.19. The van der Waals surface area contributed by atoms with Gasteiger partial charge in [0.15, 0.2) is 0 Å². The summed E-state index contributed by atoms with van der Waals surface area (Å²) in [5, 5.41) is 0. The Hall–Kier alpha value is -3.81. The van der Waals surface area contributed by atoms with Crippen LogP contribution in [0.1, 0.15) is 5.56 Å². The molecule has 0 saturated heterocycles. The molecular formula is C21H15F3O5. The Morgan fingerprint density at radius 2 is 1.48 bits per heavy atom. The fourth-order valence-corrected chi connectivity index (χ4v) is 2.19. The number of hydrogen-bond donors (Lipinski definition) is 0. The van der Waals surface area contributed by atoms with Crippen molar-refractivity contribution in [2.75, 3.05) is 0 Å². The number of esters is 2. The molecule has 5 nitrogen and oxygen atoms in total. The van der Waals surface area contributed by atoms with Gasteiger partial charge >= 0.3 is 18.1 Å². The highest BCUT2D eigenvalue weighted by Gasteiger charge is 2.34. The minimum absolute atomic E-state index is 0.0893. The van der Waals surface area contributed by atoms with Gasteiger partial charge in [0, 0.05) is 12.2 Å². The molecule has 0 aromatic heterocycles. The first kappa shape index (κ1) is 21.5. The van der Waals surface area contributed by atoms with Gasteiger partial charge in [0.1, 0.15) is 24.0 Å². The molecule has 2 aromatic rings. The second-order valence-electron chi connectivity index (χ2n) is 5.39. The molecule has 150 valence electrons. The van der Waals surface area contributed by atoms with Crippen LogP contribution in [0.4, 0.5) is 13.2 Å². The van der Waals surface area contributed by atoms with Crippen LogP contribution in [0.25, 0.3) is 11.1 Å². The van der Waals surface area contributed by atoms with E-state index in [1.165, 1.54) is 36.4 Å². The zero-order valence-electron chi connectivity index (χ0n) is 14.9. The molecule has 0 saturated carbocycles. The molecule has 0 radical (unpaired) electrons. The van der Waals surface area contributed by atoms with Gasteiger partial charge in [-0.3, -0.25) is 0 Å². The summed E-state index contributed by atoms with van der Waals surface area (Å²) in [5.74, 6) is -1.35. The number of carbonyl (C=O) groups is 2. The van der Waals surface area contributed by atoms with Gasteiger partial charge in [-0.05, 0) is 35.4 Å². The molecule has 0 heterocycles. The molecular weight excluding hydrogens is 389 g/mol. The van der Waals surface area contributed by atoms with E-state index in [1.54, 1.807) is 0 Å². The number of alkyl halides is 3. The predicted octanol–water partition coefficient (Wildman–Crippen LogP) is 5.04. The van der Waals surface area contributed by atoms with E-state index in [1.807, 2.05) is 0 Å². The zero-order valence-corrected chi connectivity index (χ0v) is 14.9. The summed E-state index contributed by atoms with van der Waals surface area (Å²) in [4.78, 5) is 22.1. The van der Waals surface area contributed by atoms with Crippen LogP contribution in [-0.4, -0.2) is 11.9 Å². The van der Waals surface area contributed by atoms with Crippen LogP contribution in [0, 0.1) is 0 Å². The molecule has 29 heavy (non-hydrogen) atoms. The molecule has 0 N–H and O–H groups in total. The van der Waals surface area contributed by atoms with Crippen molar-refractivity contribution in [1.29, 1.82) is 0 Å². The smallest absolute Gasteiger partial charge is 0.417 e. The fraction of sp³-hybridized carbons (Fsp3) is 0.0476. The lowest BCUT2D eigenvalue weighted by Crippen LogP contribution is -2.07. The first-order valence-electron chi connectivity index (χ1n) is 8.05. The van der Waals surface area contributed by atoms with Crippen molar-refractivity contribution in [3.05, 3.63) is 85.9 Å². The summed E-state index contributed by atoms with van der Waals surface area (Å²) in [6.45, 7) is 6.46. The SMILES string of the molecule is C=CC(=O)OC=COc1ccc(-c2ccc(OC(=O)C=C)cc2)c(C(F)(F)F)c1. The molecule has 0 aliphatic rings. The van der Waals surface area contributed by atoms with E-state index in [9.17, 15) is 22.8 Å². The minimum atomic E-state index is -4.65. The van der Waals surface area contributed by atoms with Gasteiger partial charge in [-0.2, -0.15) is 13.2 Å². The van der Waals surface area contributed by atoms with Crippen LogP contribution in [0.2, 0.25) is 0 Å². The Kier molecular flexibility index (Phi) is 6.97. The minimum Gasteiger partial charge on any atom is -0.462 e. The third kappa shape index (κ3) is 6.10. The molecule has 2 aromatic carbocycles. The normalized spacial score (nSPS) is 11.0.